The molecule has 0 unspecified atom stereocenters. The van der Waals surface area contributed by atoms with Gasteiger partial charge in [-0.3, -0.25) is 0 Å². The fourth-order valence-corrected chi connectivity index (χ4v) is 1.70. The van der Waals surface area contributed by atoms with E-state index < -0.39 is 0 Å². The van der Waals surface area contributed by atoms with Crippen molar-refractivity contribution in [1.82, 2.24) is 0 Å². The lowest BCUT2D eigenvalue weighted by atomic mass is 9.75. The predicted octanol–water partition coefficient (Wildman–Crippen LogP) is 3.11. The van der Waals surface area contributed by atoms with Gasteiger partial charge in [0.2, 0.25) is 0 Å². The van der Waals surface area contributed by atoms with Crippen LogP contribution < -0.4 is 4.74 Å². The van der Waals surface area contributed by atoms with Gasteiger partial charge in [0.1, 0.15) is 5.75 Å². The quantitative estimate of drug-likeness (QED) is 0.687. The van der Waals surface area contributed by atoms with Crippen LogP contribution in [-0.2, 0) is 0 Å². The molecule has 1 fully saturated rings. The normalized spacial score (nSPS) is 26.5. The van der Waals surface area contributed by atoms with Crippen LogP contribution in [0.3, 0.4) is 0 Å². The maximum atomic E-state index is 5.68. The minimum Gasteiger partial charge on any atom is -0.493 e. The monoisotopic (exact) mass is 176 g/mol. The van der Waals surface area contributed by atoms with Crippen LogP contribution in [0, 0.1) is 11.8 Å². The van der Waals surface area contributed by atoms with Crippen molar-refractivity contribution in [3.63, 3.8) is 0 Å². The van der Waals surface area contributed by atoms with Crippen LogP contribution in [-0.4, -0.2) is 6.61 Å². The Morgan fingerprint density at radius 3 is 2.54 bits per heavy atom. The molecule has 0 N–H and O–H groups in total. The lowest BCUT2D eigenvalue weighted by molar-refractivity contribution is 0.116. The summed E-state index contributed by atoms with van der Waals surface area (Å²) in [6.45, 7) is 3.20. The van der Waals surface area contributed by atoms with E-state index in [4.69, 9.17) is 4.74 Å². The zero-order valence-electron chi connectivity index (χ0n) is 8.07. The fourth-order valence-electron chi connectivity index (χ4n) is 1.70. The van der Waals surface area contributed by atoms with Crippen molar-refractivity contribution in [3.05, 3.63) is 30.3 Å². The number of rotatable bonds is 3. The number of ether oxygens (including phenoxy) is 1. The summed E-state index contributed by atoms with van der Waals surface area (Å²) in [5.74, 6) is 2.66. The van der Waals surface area contributed by atoms with Gasteiger partial charge in [0.25, 0.3) is 0 Å². The fraction of sp³-hybridized carbons (Fsp3) is 0.500. The molecule has 13 heavy (non-hydrogen) atoms. The second-order valence-electron chi connectivity index (χ2n) is 3.94. The number of benzene rings is 1. The van der Waals surface area contributed by atoms with Crippen LogP contribution in [0.1, 0.15) is 19.8 Å². The third-order valence-electron chi connectivity index (χ3n) is 3.00. The van der Waals surface area contributed by atoms with Crippen LogP contribution in [0.15, 0.2) is 30.3 Å². The van der Waals surface area contributed by atoms with E-state index in [0.717, 1.165) is 24.2 Å². The van der Waals surface area contributed by atoms with Crippen LogP contribution in [0.25, 0.3) is 0 Å². The lowest BCUT2D eigenvalue weighted by Crippen LogP contribution is -2.28. The van der Waals surface area contributed by atoms with Crippen molar-refractivity contribution < 1.29 is 4.74 Å². The van der Waals surface area contributed by atoms with Crippen molar-refractivity contribution in [3.8, 4) is 5.75 Å². The van der Waals surface area contributed by atoms with E-state index in [-0.39, 0.29) is 0 Å². The van der Waals surface area contributed by atoms with Crippen molar-refractivity contribution >= 4 is 0 Å². The molecular weight excluding hydrogens is 160 g/mol. The molecule has 1 nitrogen and oxygen atoms in total. The van der Waals surface area contributed by atoms with Crippen LogP contribution in [0.5, 0.6) is 5.75 Å². The standard InChI is InChI=1S/C12H16O/c1-10-7-8-11(10)9-13-12-5-3-2-4-6-12/h2-6,10-11H,7-9H2,1H3/t10-,11+/m1/s1. The average Bonchev–Trinajstić information content (AvgIpc) is 2.17. The zero-order valence-corrected chi connectivity index (χ0v) is 8.07. The highest BCUT2D eigenvalue weighted by Gasteiger charge is 2.26. The molecule has 1 aliphatic carbocycles. The Morgan fingerprint density at radius 2 is 2.00 bits per heavy atom. The largest absolute Gasteiger partial charge is 0.493 e. The minimum atomic E-state index is 0.792. The van der Waals surface area contributed by atoms with Crippen molar-refractivity contribution in [2.75, 3.05) is 6.61 Å². The summed E-state index contributed by atoms with van der Waals surface area (Å²) in [5, 5.41) is 0. The minimum absolute atomic E-state index is 0.792. The lowest BCUT2D eigenvalue weighted by Gasteiger charge is -2.33. The first-order valence-electron chi connectivity index (χ1n) is 5.04. The predicted molar refractivity (Wildman–Crippen MR) is 53.8 cm³/mol. The van der Waals surface area contributed by atoms with Gasteiger partial charge in [-0.15, -0.1) is 0 Å². The molecule has 2 atom stereocenters. The van der Waals surface area contributed by atoms with E-state index in [0.29, 0.717) is 0 Å². The van der Waals surface area contributed by atoms with Crippen LogP contribution >= 0.6 is 0 Å². The Bertz CT molecular complexity index is 255. The topological polar surface area (TPSA) is 9.23 Å². The van der Waals surface area contributed by atoms with E-state index in [1.165, 1.54) is 12.8 Å². The molecule has 2 rings (SSSR count). The van der Waals surface area contributed by atoms with Gasteiger partial charge >= 0.3 is 0 Å². The molecule has 0 bridgehead atoms. The molecule has 0 saturated heterocycles. The summed E-state index contributed by atoms with van der Waals surface area (Å²) >= 11 is 0. The van der Waals surface area contributed by atoms with Gasteiger partial charge in [-0.05, 0) is 36.8 Å². The summed E-state index contributed by atoms with van der Waals surface area (Å²) in [6.07, 6.45) is 2.72. The maximum absolute atomic E-state index is 5.68. The molecule has 1 heteroatoms. The Kier molecular flexibility index (Phi) is 2.53. The summed E-state index contributed by atoms with van der Waals surface area (Å²) in [6, 6.07) is 10.1. The Labute approximate surface area is 79.7 Å². The van der Waals surface area contributed by atoms with Crippen molar-refractivity contribution in [1.29, 1.82) is 0 Å². The third kappa shape index (κ3) is 2.03. The first-order chi connectivity index (χ1) is 6.36. The molecule has 0 spiro atoms. The molecule has 0 amide bonds. The van der Waals surface area contributed by atoms with E-state index in [1.807, 2.05) is 30.3 Å². The summed E-state index contributed by atoms with van der Waals surface area (Å²) in [7, 11) is 0. The summed E-state index contributed by atoms with van der Waals surface area (Å²) < 4.78 is 5.68. The Hall–Kier alpha value is -0.980. The molecule has 1 aliphatic rings. The second kappa shape index (κ2) is 3.82. The molecular formula is C12H16O. The second-order valence-corrected chi connectivity index (χ2v) is 3.94. The molecule has 1 saturated carbocycles. The maximum Gasteiger partial charge on any atom is 0.119 e. The average molecular weight is 176 g/mol. The smallest absolute Gasteiger partial charge is 0.119 e. The number of hydrogen-bond donors (Lipinski definition) is 0. The molecule has 1 aromatic rings. The number of para-hydroxylation sites is 1. The number of hydrogen-bond acceptors (Lipinski definition) is 1. The van der Waals surface area contributed by atoms with Gasteiger partial charge in [0.05, 0.1) is 6.61 Å². The van der Waals surface area contributed by atoms with E-state index in [2.05, 4.69) is 6.92 Å². The first-order valence-corrected chi connectivity index (χ1v) is 5.04. The third-order valence-corrected chi connectivity index (χ3v) is 3.00. The summed E-state index contributed by atoms with van der Waals surface area (Å²) in [5.41, 5.74) is 0. The zero-order chi connectivity index (χ0) is 9.10. The molecule has 0 radical (unpaired) electrons. The highest BCUT2D eigenvalue weighted by Crippen LogP contribution is 2.33. The van der Waals surface area contributed by atoms with E-state index in [1.54, 1.807) is 0 Å². The first kappa shape index (κ1) is 8.61. The van der Waals surface area contributed by atoms with Gasteiger partial charge in [-0.2, -0.15) is 0 Å². The summed E-state index contributed by atoms with van der Waals surface area (Å²) in [4.78, 5) is 0. The Morgan fingerprint density at radius 1 is 1.23 bits per heavy atom. The highest BCUT2D eigenvalue weighted by molar-refractivity contribution is 5.20. The van der Waals surface area contributed by atoms with E-state index in [9.17, 15) is 0 Å². The van der Waals surface area contributed by atoms with E-state index >= 15 is 0 Å². The van der Waals surface area contributed by atoms with Crippen LogP contribution in [0.2, 0.25) is 0 Å². The van der Waals surface area contributed by atoms with Gasteiger partial charge < -0.3 is 4.74 Å². The van der Waals surface area contributed by atoms with Crippen molar-refractivity contribution in [2.45, 2.75) is 19.8 Å². The molecule has 0 aromatic heterocycles. The molecule has 1 aromatic carbocycles. The van der Waals surface area contributed by atoms with Crippen molar-refractivity contribution in [2.24, 2.45) is 11.8 Å². The van der Waals surface area contributed by atoms with Gasteiger partial charge in [-0.1, -0.05) is 25.1 Å². The molecule has 70 valence electrons. The van der Waals surface area contributed by atoms with Gasteiger partial charge in [0, 0.05) is 0 Å². The van der Waals surface area contributed by atoms with Gasteiger partial charge in [-0.25, -0.2) is 0 Å². The SMILES string of the molecule is C[C@@H]1CC[C@H]1COc1ccccc1. The van der Waals surface area contributed by atoms with Crippen LogP contribution in [0.4, 0.5) is 0 Å². The van der Waals surface area contributed by atoms with Gasteiger partial charge in [0.15, 0.2) is 0 Å². The molecule has 0 heterocycles. The Balaban J connectivity index is 1.80. The highest BCUT2D eigenvalue weighted by atomic mass is 16.5. The molecule has 0 aliphatic heterocycles.